The zero-order chi connectivity index (χ0) is 13.8. The van der Waals surface area contributed by atoms with Crippen LogP contribution in [-0.2, 0) is 4.79 Å². The number of carbonyl (C=O) groups excluding carboxylic acids is 1. The summed E-state index contributed by atoms with van der Waals surface area (Å²) in [4.78, 5) is 27.7. The maximum Gasteiger partial charge on any atom is 0.287 e. The number of hydrogen-bond acceptors (Lipinski definition) is 5. The van der Waals surface area contributed by atoms with Crippen molar-refractivity contribution < 1.29 is 9.72 Å². The maximum atomic E-state index is 11.5. The average molecular weight is 264 g/mol. The Bertz CT molecular complexity index is 466. The average Bonchev–Trinajstić information content (AvgIpc) is 2.46. The van der Waals surface area contributed by atoms with Crippen molar-refractivity contribution in [3.8, 4) is 0 Å². The number of carbonyl (C=O) groups is 1. The molecule has 102 valence electrons. The minimum atomic E-state index is -0.464. The van der Waals surface area contributed by atoms with Crippen LogP contribution in [0.1, 0.15) is 12.8 Å². The van der Waals surface area contributed by atoms with Crippen molar-refractivity contribution in [2.45, 2.75) is 12.8 Å². The molecular weight excluding hydrogens is 248 g/mol. The molecule has 0 spiro atoms. The van der Waals surface area contributed by atoms with Gasteiger partial charge in [-0.05, 0) is 18.9 Å². The summed E-state index contributed by atoms with van der Waals surface area (Å²) in [5.74, 6) is 0.858. The molecule has 1 aromatic rings. The third kappa shape index (κ3) is 2.98. The Balaban J connectivity index is 1.97. The van der Waals surface area contributed by atoms with Crippen LogP contribution in [0.4, 0.5) is 11.5 Å². The number of aromatic nitrogens is 1. The molecule has 1 N–H and O–H groups in total. The van der Waals surface area contributed by atoms with Gasteiger partial charge in [0.25, 0.3) is 5.69 Å². The van der Waals surface area contributed by atoms with E-state index in [0.717, 1.165) is 31.7 Å². The Hall–Kier alpha value is -2.18. The molecule has 1 amide bonds. The molecule has 7 nitrogen and oxygen atoms in total. The first-order chi connectivity index (χ1) is 9.11. The zero-order valence-corrected chi connectivity index (χ0v) is 10.7. The van der Waals surface area contributed by atoms with E-state index in [4.69, 9.17) is 0 Å². The summed E-state index contributed by atoms with van der Waals surface area (Å²) < 4.78 is 0. The molecule has 1 aliphatic heterocycles. The predicted octanol–water partition coefficient (Wildman–Crippen LogP) is 0.952. The number of piperidine rings is 1. The van der Waals surface area contributed by atoms with Gasteiger partial charge >= 0.3 is 0 Å². The van der Waals surface area contributed by atoms with Gasteiger partial charge in [-0.15, -0.1) is 0 Å². The minimum Gasteiger partial charge on any atom is -0.359 e. The van der Waals surface area contributed by atoms with E-state index in [-0.39, 0.29) is 17.5 Å². The van der Waals surface area contributed by atoms with Crippen LogP contribution < -0.4 is 10.2 Å². The number of anilines is 1. The SMILES string of the molecule is CNC(=O)C1CCN(c2ccc([N+](=O)[O-])cn2)CC1. The fraction of sp³-hybridized carbons (Fsp3) is 0.500. The number of rotatable bonds is 3. The van der Waals surface area contributed by atoms with Crippen LogP contribution in [0.3, 0.4) is 0 Å². The molecule has 0 saturated carbocycles. The monoisotopic (exact) mass is 264 g/mol. The summed E-state index contributed by atoms with van der Waals surface area (Å²) in [6.07, 6.45) is 2.82. The molecule has 1 aromatic heterocycles. The Morgan fingerprint density at radius 3 is 2.63 bits per heavy atom. The molecule has 0 unspecified atom stereocenters. The second-order valence-corrected chi connectivity index (χ2v) is 4.51. The molecule has 0 bridgehead atoms. The number of nitrogens with one attached hydrogen (secondary N) is 1. The van der Waals surface area contributed by atoms with Crippen LogP contribution in [0.15, 0.2) is 18.3 Å². The van der Waals surface area contributed by atoms with Crippen LogP contribution in [0, 0.1) is 16.0 Å². The van der Waals surface area contributed by atoms with Crippen molar-refractivity contribution in [3.05, 3.63) is 28.4 Å². The van der Waals surface area contributed by atoms with Gasteiger partial charge in [0.05, 0.1) is 4.92 Å². The van der Waals surface area contributed by atoms with E-state index in [1.165, 1.54) is 12.3 Å². The lowest BCUT2D eigenvalue weighted by molar-refractivity contribution is -0.385. The predicted molar refractivity (Wildman–Crippen MR) is 69.9 cm³/mol. The lowest BCUT2D eigenvalue weighted by atomic mass is 9.96. The molecule has 1 aliphatic rings. The molecule has 0 aromatic carbocycles. The zero-order valence-electron chi connectivity index (χ0n) is 10.7. The molecule has 1 saturated heterocycles. The van der Waals surface area contributed by atoms with Gasteiger partial charge in [-0.1, -0.05) is 0 Å². The van der Waals surface area contributed by atoms with Crippen LogP contribution in [0.5, 0.6) is 0 Å². The molecule has 19 heavy (non-hydrogen) atoms. The minimum absolute atomic E-state index is 0.0102. The number of nitrogens with zero attached hydrogens (tertiary/aromatic N) is 3. The maximum absolute atomic E-state index is 11.5. The summed E-state index contributed by atoms with van der Waals surface area (Å²) in [5.41, 5.74) is -0.0102. The number of amides is 1. The summed E-state index contributed by atoms with van der Waals surface area (Å²) in [7, 11) is 1.65. The van der Waals surface area contributed by atoms with Crippen molar-refractivity contribution in [2.75, 3.05) is 25.0 Å². The van der Waals surface area contributed by atoms with E-state index in [0.29, 0.717) is 0 Å². The summed E-state index contributed by atoms with van der Waals surface area (Å²) in [6.45, 7) is 1.48. The number of nitro groups is 1. The van der Waals surface area contributed by atoms with Gasteiger partial charge in [-0.25, -0.2) is 4.98 Å². The van der Waals surface area contributed by atoms with Gasteiger partial charge in [0.15, 0.2) is 0 Å². The Morgan fingerprint density at radius 2 is 2.16 bits per heavy atom. The number of hydrogen-bond donors (Lipinski definition) is 1. The normalized spacial score (nSPS) is 16.2. The molecule has 7 heteroatoms. The lowest BCUT2D eigenvalue weighted by Crippen LogP contribution is -2.39. The van der Waals surface area contributed by atoms with Crippen molar-refractivity contribution >= 4 is 17.4 Å². The van der Waals surface area contributed by atoms with Gasteiger partial charge in [0, 0.05) is 32.1 Å². The Morgan fingerprint density at radius 1 is 1.47 bits per heavy atom. The topological polar surface area (TPSA) is 88.4 Å². The molecule has 0 aliphatic carbocycles. The van der Waals surface area contributed by atoms with Crippen molar-refractivity contribution in [1.29, 1.82) is 0 Å². The van der Waals surface area contributed by atoms with E-state index >= 15 is 0 Å². The van der Waals surface area contributed by atoms with Crippen LogP contribution in [0.2, 0.25) is 0 Å². The van der Waals surface area contributed by atoms with E-state index in [9.17, 15) is 14.9 Å². The fourth-order valence-corrected chi connectivity index (χ4v) is 2.25. The van der Waals surface area contributed by atoms with Crippen LogP contribution in [0.25, 0.3) is 0 Å². The molecular formula is C12H16N4O3. The fourth-order valence-electron chi connectivity index (χ4n) is 2.25. The van der Waals surface area contributed by atoms with Crippen molar-refractivity contribution in [1.82, 2.24) is 10.3 Å². The highest BCUT2D eigenvalue weighted by atomic mass is 16.6. The molecule has 0 atom stereocenters. The largest absolute Gasteiger partial charge is 0.359 e. The highest BCUT2D eigenvalue weighted by Gasteiger charge is 2.24. The van der Waals surface area contributed by atoms with E-state index in [2.05, 4.69) is 10.3 Å². The van der Waals surface area contributed by atoms with E-state index in [1.54, 1.807) is 13.1 Å². The molecule has 1 fully saturated rings. The first-order valence-corrected chi connectivity index (χ1v) is 6.19. The Labute approximate surface area is 110 Å². The third-order valence-corrected chi connectivity index (χ3v) is 3.38. The second kappa shape index (κ2) is 5.64. The lowest BCUT2D eigenvalue weighted by Gasteiger charge is -2.31. The highest BCUT2D eigenvalue weighted by molar-refractivity contribution is 5.78. The van der Waals surface area contributed by atoms with Crippen molar-refractivity contribution in [2.24, 2.45) is 5.92 Å². The highest BCUT2D eigenvalue weighted by Crippen LogP contribution is 2.23. The molecule has 2 rings (SSSR count). The van der Waals surface area contributed by atoms with Gasteiger partial charge in [-0.2, -0.15) is 0 Å². The quantitative estimate of drug-likeness (QED) is 0.648. The molecule has 2 heterocycles. The van der Waals surface area contributed by atoms with Crippen molar-refractivity contribution in [3.63, 3.8) is 0 Å². The first kappa shape index (κ1) is 13.3. The second-order valence-electron chi connectivity index (χ2n) is 4.51. The number of pyridine rings is 1. The van der Waals surface area contributed by atoms with Gasteiger partial charge < -0.3 is 10.2 Å². The van der Waals surface area contributed by atoms with Gasteiger partial charge in [0.1, 0.15) is 12.0 Å². The smallest absolute Gasteiger partial charge is 0.287 e. The third-order valence-electron chi connectivity index (χ3n) is 3.38. The standard InChI is InChI=1S/C12H16N4O3/c1-13-12(17)9-4-6-15(7-5-9)11-3-2-10(8-14-11)16(18)19/h2-3,8-9H,4-7H2,1H3,(H,13,17). The first-order valence-electron chi connectivity index (χ1n) is 6.19. The summed E-state index contributed by atoms with van der Waals surface area (Å²) in [6, 6.07) is 3.10. The molecule has 0 radical (unpaired) electrons. The summed E-state index contributed by atoms with van der Waals surface area (Å²) in [5, 5.41) is 13.2. The van der Waals surface area contributed by atoms with Crippen LogP contribution >= 0.6 is 0 Å². The van der Waals surface area contributed by atoms with E-state index in [1.807, 2.05) is 4.90 Å². The Kier molecular flexibility index (Phi) is 3.94. The van der Waals surface area contributed by atoms with E-state index < -0.39 is 4.92 Å². The summed E-state index contributed by atoms with van der Waals surface area (Å²) >= 11 is 0. The van der Waals surface area contributed by atoms with Gasteiger partial charge in [-0.3, -0.25) is 14.9 Å². The van der Waals surface area contributed by atoms with Crippen LogP contribution in [-0.4, -0.2) is 36.0 Å². The van der Waals surface area contributed by atoms with Gasteiger partial charge in [0.2, 0.25) is 5.91 Å².